The van der Waals surface area contributed by atoms with E-state index >= 15 is 0 Å². The Morgan fingerprint density at radius 1 is 1.38 bits per heavy atom. The lowest BCUT2D eigenvalue weighted by atomic mass is 10.0. The average molecular weight is 241 g/mol. The van der Waals surface area contributed by atoms with Crippen molar-refractivity contribution in [2.75, 3.05) is 0 Å². The smallest absolute Gasteiger partial charge is 0.117 e. The van der Waals surface area contributed by atoms with Gasteiger partial charge in [-0.3, -0.25) is 0 Å². The van der Waals surface area contributed by atoms with Crippen molar-refractivity contribution in [3.05, 3.63) is 22.2 Å². The summed E-state index contributed by atoms with van der Waals surface area (Å²) in [6, 6.07) is 0. The van der Waals surface area contributed by atoms with Gasteiger partial charge < -0.3 is 0 Å². The standard InChI is InChI=1S/C10H13BrN2/c1-6(2)9-8(7-3-4-7)10(11)13-5-12-9/h5-7H,3-4H2,1-2H3. The summed E-state index contributed by atoms with van der Waals surface area (Å²) in [5.41, 5.74) is 2.56. The van der Waals surface area contributed by atoms with E-state index < -0.39 is 0 Å². The highest BCUT2D eigenvalue weighted by molar-refractivity contribution is 9.10. The maximum atomic E-state index is 4.36. The van der Waals surface area contributed by atoms with Crippen molar-refractivity contribution in [2.45, 2.75) is 38.5 Å². The lowest BCUT2D eigenvalue weighted by Gasteiger charge is -2.11. The molecule has 1 aromatic heterocycles. The number of aromatic nitrogens is 2. The third kappa shape index (κ3) is 1.75. The molecule has 1 aliphatic rings. The summed E-state index contributed by atoms with van der Waals surface area (Å²) in [6.45, 7) is 4.36. The van der Waals surface area contributed by atoms with Gasteiger partial charge in [0.1, 0.15) is 10.9 Å². The van der Waals surface area contributed by atoms with Crippen LogP contribution < -0.4 is 0 Å². The minimum absolute atomic E-state index is 0.495. The van der Waals surface area contributed by atoms with E-state index in [0.29, 0.717) is 11.8 Å². The van der Waals surface area contributed by atoms with Gasteiger partial charge in [0.2, 0.25) is 0 Å². The number of hydrogen-bond donors (Lipinski definition) is 0. The van der Waals surface area contributed by atoms with Gasteiger partial charge in [0.15, 0.2) is 0 Å². The zero-order valence-corrected chi connectivity index (χ0v) is 9.50. The van der Waals surface area contributed by atoms with Crippen LogP contribution in [0, 0.1) is 0 Å². The third-order valence-electron chi connectivity index (χ3n) is 2.40. The van der Waals surface area contributed by atoms with Gasteiger partial charge in [-0.05, 0) is 40.6 Å². The van der Waals surface area contributed by atoms with Gasteiger partial charge in [0, 0.05) is 5.56 Å². The quantitative estimate of drug-likeness (QED) is 0.743. The number of halogens is 1. The summed E-state index contributed by atoms with van der Waals surface area (Å²) in [6.07, 6.45) is 4.24. The van der Waals surface area contributed by atoms with E-state index in [0.717, 1.165) is 4.60 Å². The molecule has 1 saturated carbocycles. The number of hydrogen-bond acceptors (Lipinski definition) is 2. The molecule has 0 unspecified atom stereocenters. The lowest BCUT2D eigenvalue weighted by molar-refractivity contribution is 0.781. The summed E-state index contributed by atoms with van der Waals surface area (Å²) in [7, 11) is 0. The van der Waals surface area contributed by atoms with Crippen molar-refractivity contribution >= 4 is 15.9 Å². The van der Waals surface area contributed by atoms with E-state index in [2.05, 4.69) is 39.7 Å². The topological polar surface area (TPSA) is 25.8 Å². The highest BCUT2D eigenvalue weighted by atomic mass is 79.9. The van der Waals surface area contributed by atoms with Gasteiger partial charge in [-0.15, -0.1) is 0 Å². The van der Waals surface area contributed by atoms with Crippen molar-refractivity contribution in [3.8, 4) is 0 Å². The molecule has 0 N–H and O–H groups in total. The van der Waals surface area contributed by atoms with Crippen LogP contribution in [0.25, 0.3) is 0 Å². The molecule has 0 spiro atoms. The molecular formula is C10H13BrN2. The van der Waals surface area contributed by atoms with Crippen molar-refractivity contribution in [2.24, 2.45) is 0 Å². The molecule has 1 aliphatic carbocycles. The zero-order valence-electron chi connectivity index (χ0n) is 7.92. The molecule has 1 heterocycles. The first kappa shape index (κ1) is 9.13. The molecule has 0 saturated heterocycles. The van der Waals surface area contributed by atoms with Gasteiger partial charge in [0.05, 0.1) is 5.69 Å². The predicted molar refractivity (Wildman–Crippen MR) is 55.8 cm³/mol. The molecule has 13 heavy (non-hydrogen) atoms. The Morgan fingerprint density at radius 2 is 2.08 bits per heavy atom. The van der Waals surface area contributed by atoms with E-state index in [1.807, 2.05) is 0 Å². The summed E-state index contributed by atoms with van der Waals surface area (Å²) in [5, 5.41) is 0. The molecule has 0 radical (unpaired) electrons. The maximum Gasteiger partial charge on any atom is 0.117 e. The number of rotatable bonds is 2. The molecule has 0 bridgehead atoms. The molecule has 0 aromatic carbocycles. The second kappa shape index (κ2) is 3.37. The van der Waals surface area contributed by atoms with Gasteiger partial charge in [-0.25, -0.2) is 9.97 Å². The normalized spacial score (nSPS) is 16.6. The second-order valence-electron chi connectivity index (χ2n) is 3.89. The fourth-order valence-corrected chi connectivity index (χ4v) is 2.21. The van der Waals surface area contributed by atoms with Gasteiger partial charge >= 0.3 is 0 Å². The summed E-state index contributed by atoms with van der Waals surface area (Å²) < 4.78 is 0.994. The van der Waals surface area contributed by atoms with E-state index in [9.17, 15) is 0 Å². The Hall–Kier alpha value is -0.440. The predicted octanol–water partition coefficient (Wildman–Crippen LogP) is 3.24. The molecular weight excluding hydrogens is 228 g/mol. The maximum absolute atomic E-state index is 4.36. The fourth-order valence-electron chi connectivity index (χ4n) is 1.60. The van der Waals surface area contributed by atoms with E-state index in [-0.39, 0.29) is 0 Å². The SMILES string of the molecule is CC(C)c1ncnc(Br)c1C1CC1. The summed E-state index contributed by atoms with van der Waals surface area (Å²) in [4.78, 5) is 8.55. The fraction of sp³-hybridized carbons (Fsp3) is 0.600. The molecule has 70 valence electrons. The third-order valence-corrected chi connectivity index (χ3v) is 3.03. The van der Waals surface area contributed by atoms with Crippen LogP contribution in [0.15, 0.2) is 10.9 Å². The van der Waals surface area contributed by atoms with Crippen LogP contribution in [0.2, 0.25) is 0 Å². The van der Waals surface area contributed by atoms with Gasteiger partial charge in [-0.2, -0.15) is 0 Å². The second-order valence-corrected chi connectivity index (χ2v) is 4.64. The molecule has 1 fully saturated rings. The first-order valence-electron chi connectivity index (χ1n) is 4.70. The minimum atomic E-state index is 0.495. The Morgan fingerprint density at radius 3 is 2.62 bits per heavy atom. The van der Waals surface area contributed by atoms with E-state index in [1.54, 1.807) is 6.33 Å². The molecule has 2 nitrogen and oxygen atoms in total. The van der Waals surface area contributed by atoms with E-state index in [4.69, 9.17) is 0 Å². The molecule has 0 aliphatic heterocycles. The average Bonchev–Trinajstić information content (AvgIpc) is 2.86. The largest absolute Gasteiger partial charge is 0.241 e. The van der Waals surface area contributed by atoms with Crippen molar-refractivity contribution < 1.29 is 0 Å². The molecule has 0 amide bonds. The summed E-state index contributed by atoms with van der Waals surface area (Å²) >= 11 is 3.50. The highest BCUT2D eigenvalue weighted by Gasteiger charge is 2.30. The number of nitrogens with zero attached hydrogens (tertiary/aromatic N) is 2. The molecule has 1 aromatic rings. The van der Waals surface area contributed by atoms with Crippen LogP contribution in [0.3, 0.4) is 0 Å². The molecule has 0 atom stereocenters. The van der Waals surface area contributed by atoms with Crippen LogP contribution in [-0.2, 0) is 0 Å². The van der Waals surface area contributed by atoms with Crippen LogP contribution in [0.1, 0.15) is 49.8 Å². The van der Waals surface area contributed by atoms with Gasteiger partial charge in [-0.1, -0.05) is 13.8 Å². The Kier molecular flexibility index (Phi) is 2.37. The van der Waals surface area contributed by atoms with Crippen LogP contribution >= 0.6 is 15.9 Å². The van der Waals surface area contributed by atoms with Crippen molar-refractivity contribution in [3.63, 3.8) is 0 Å². The Balaban J connectivity index is 2.47. The van der Waals surface area contributed by atoms with Crippen molar-refractivity contribution in [1.82, 2.24) is 9.97 Å². The lowest BCUT2D eigenvalue weighted by Crippen LogP contribution is -2.01. The minimum Gasteiger partial charge on any atom is -0.241 e. The Bertz CT molecular complexity index is 319. The monoisotopic (exact) mass is 240 g/mol. The first-order chi connectivity index (χ1) is 6.20. The van der Waals surface area contributed by atoms with Crippen LogP contribution in [0.5, 0.6) is 0 Å². The Labute approximate surface area is 86.9 Å². The van der Waals surface area contributed by atoms with E-state index in [1.165, 1.54) is 24.1 Å². The molecule has 2 rings (SSSR count). The zero-order chi connectivity index (χ0) is 9.42. The summed E-state index contributed by atoms with van der Waals surface area (Å²) in [5.74, 6) is 1.21. The van der Waals surface area contributed by atoms with Crippen LogP contribution in [0.4, 0.5) is 0 Å². The first-order valence-corrected chi connectivity index (χ1v) is 5.49. The van der Waals surface area contributed by atoms with Crippen molar-refractivity contribution in [1.29, 1.82) is 0 Å². The molecule has 3 heteroatoms. The van der Waals surface area contributed by atoms with Gasteiger partial charge in [0.25, 0.3) is 0 Å². The van der Waals surface area contributed by atoms with Crippen LogP contribution in [-0.4, -0.2) is 9.97 Å². The highest BCUT2D eigenvalue weighted by Crippen LogP contribution is 2.45.